The maximum Gasteiger partial charge on any atom is 0.226 e. The Hall–Kier alpha value is -3.19. The van der Waals surface area contributed by atoms with Crippen molar-refractivity contribution in [1.29, 1.82) is 0 Å². The molecule has 1 aliphatic rings. The van der Waals surface area contributed by atoms with Crippen molar-refractivity contribution in [3.63, 3.8) is 0 Å². The summed E-state index contributed by atoms with van der Waals surface area (Å²) in [5.41, 5.74) is 2.74. The van der Waals surface area contributed by atoms with Crippen LogP contribution in [-0.4, -0.2) is 32.4 Å². The number of nitrogens with zero attached hydrogens (tertiary/aromatic N) is 2. The summed E-state index contributed by atoms with van der Waals surface area (Å²) in [6.07, 6.45) is 4.01. The molecule has 1 saturated heterocycles. The van der Waals surface area contributed by atoms with Crippen LogP contribution in [0, 0.1) is 0 Å². The van der Waals surface area contributed by atoms with Crippen LogP contribution in [0.15, 0.2) is 73.1 Å². The van der Waals surface area contributed by atoms with Gasteiger partial charge in [-0.1, -0.05) is 24.3 Å². The van der Waals surface area contributed by atoms with Crippen molar-refractivity contribution >= 4 is 28.9 Å². The summed E-state index contributed by atoms with van der Waals surface area (Å²) in [5.74, 6) is -0.0412. The fourth-order valence-electron chi connectivity index (χ4n) is 3.48. The Labute approximate surface area is 169 Å². The number of amides is 1. The van der Waals surface area contributed by atoms with Gasteiger partial charge in [0.25, 0.3) is 0 Å². The van der Waals surface area contributed by atoms with Gasteiger partial charge in [-0.2, -0.15) is 0 Å². The Morgan fingerprint density at radius 2 is 1.93 bits per heavy atom. The lowest BCUT2D eigenvalue weighted by molar-refractivity contribution is -0.116. The van der Waals surface area contributed by atoms with E-state index in [2.05, 4.69) is 25.5 Å². The average molecular weight is 392 g/mol. The lowest BCUT2D eigenvalue weighted by atomic mass is 10.0. The zero-order chi connectivity index (χ0) is 19.3. The fraction of sp³-hybridized carbons (Fsp3) is 0.190. The maximum atomic E-state index is 12.4. The van der Waals surface area contributed by atoms with Crippen LogP contribution in [0.25, 0.3) is 0 Å². The summed E-state index contributed by atoms with van der Waals surface area (Å²) in [7, 11) is 0. The van der Waals surface area contributed by atoms with Gasteiger partial charge in [0.15, 0.2) is 5.11 Å². The molecule has 2 aromatic heterocycles. The summed E-state index contributed by atoms with van der Waals surface area (Å²) in [4.78, 5) is 22.2. The molecule has 2 atom stereocenters. The second-order valence-corrected chi connectivity index (χ2v) is 7.00. The molecule has 1 aromatic carbocycles. The molecule has 3 N–H and O–H groups in total. The third-order valence-corrected chi connectivity index (χ3v) is 5.13. The number of anilines is 1. The molecule has 28 heavy (non-hydrogen) atoms. The minimum Gasteiger partial charge on any atom is -0.363 e. The van der Waals surface area contributed by atoms with Crippen LogP contribution < -0.4 is 10.6 Å². The van der Waals surface area contributed by atoms with Gasteiger partial charge in [-0.3, -0.25) is 9.78 Å². The molecule has 0 aliphatic carbocycles. The van der Waals surface area contributed by atoms with Crippen molar-refractivity contribution in [3.8, 4) is 0 Å². The van der Waals surface area contributed by atoms with Gasteiger partial charge in [-0.15, -0.1) is 0 Å². The third kappa shape index (κ3) is 3.89. The van der Waals surface area contributed by atoms with E-state index in [0.29, 0.717) is 18.1 Å². The zero-order valence-corrected chi connectivity index (χ0v) is 16.0. The first-order valence-corrected chi connectivity index (χ1v) is 9.59. The Bertz CT molecular complexity index is 930. The highest BCUT2D eigenvalue weighted by molar-refractivity contribution is 7.80. The van der Waals surface area contributed by atoms with E-state index < -0.39 is 0 Å². The van der Waals surface area contributed by atoms with Gasteiger partial charge in [-0.05, 0) is 48.6 Å². The number of aromatic amines is 1. The van der Waals surface area contributed by atoms with E-state index in [-0.39, 0.29) is 18.0 Å². The predicted octanol–water partition coefficient (Wildman–Crippen LogP) is 3.41. The molecule has 0 radical (unpaired) electrons. The second kappa shape index (κ2) is 8.22. The number of para-hydroxylation sites is 1. The fourth-order valence-corrected chi connectivity index (χ4v) is 3.81. The molecule has 3 aromatic rings. The van der Waals surface area contributed by atoms with E-state index in [1.54, 1.807) is 6.20 Å². The predicted molar refractivity (Wildman–Crippen MR) is 113 cm³/mol. The molecule has 0 saturated carbocycles. The van der Waals surface area contributed by atoms with E-state index in [9.17, 15) is 4.79 Å². The van der Waals surface area contributed by atoms with Crippen molar-refractivity contribution < 1.29 is 4.79 Å². The Morgan fingerprint density at radius 3 is 2.64 bits per heavy atom. The standard InChI is InChI=1S/C21H21N5OS/c27-18(24-15-7-2-1-3-8-15)11-14-26-20(17-10-6-13-23-17)19(25-21(26)28)16-9-4-5-12-22-16/h1-10,12-13,19-20,23H,11,14H2,(H,24,27)(H,25,28). The van der Waals surface area contributed by atoms with Crippen molar-refractivity contribution in [2.24, 2.45) is 0 Å². The number of aromatic nitrogens is 2. The molecule has 7 heteroatoms. The van der Waals surface area contributed by atoms with Crippen molar-refractivity contribution in [1.82, 2.24) is 20.2 Å². The summed E-state index contributed by atoms with van der Waals surface area (Å²) in [6.45, 7) is 0.511. The van der Waals surface area contributed by atoms with Crippen LogP contribution in [0.1, 0.15) is 29.9 Å². The topological polar surface area (TPSA) is 73.0 Å². The van der Waals surface area contributed by atoms with Crippen LogP contribution in [0.4, 0.5) is 5.69 Å². The Balaban J connectivity index is 1.50. The number of nitrogens with one attached hydrogen (secondary N) is 3. The molecular formula is C21H21N5OS. The molecule has 0 bridgehead atoms. The number of thiocarbonyl (C=S) groups is 1. The minimum absolute atomic E-state index is 0.0412. The first-order valence-electron chi connectivity index (χ1n) is 9.18. The van der Waals surface area contributed by atoms with Crippen LogP contribution in [0.5, 0.6) is 0 Å². The van der Waals surface area contributed by atoms with Crippen LogP contribution in [-0.2, 0) is 4.79 Å². The number of hydrogen-bond acceptors (Lipinski definition) is 3. The largest absolute Gasteiger partial charge is 0.363 e. The van der Waals surface area contributed by atoms with Crippen LogP contribution >= 0.6 is 12.2 Å². The van der Waals surface area contributed by atoms with E-state index in [4.69, 9.17) is 12.2 Å². The summed E-state index contributed by atoms with van der Waals surface area (Å²) < 4.78 is 0. The first kappa shape index (κ1) is 18.2. The quantitative estimate of drug-likeness (QED) is 0.562. The molecule has 6 nitrogen and oxygen atoms in total. The van der Waals surface area contributed by atoms with Gasteiger partial charge in [0.05, 0.1) is 17.8 Å². The number of H-pyrrole nitrogens is 1. The monoisotopic (exact) mass is 391 g/mol. The smallest absolute Gasteiger partial charge is 0.226 e. The number of pyridine rings is 1. The molecule has 1 fully saturated rings. The SMILES string of the molecule is O=C(CCN1C(=S)NC(c2ccccn2)C1c1ccc[nH]1)Nc1ccccc1. The van der Waals surface area contributed by atoms with E-state index >= 15 is 0 Å². The van der Waals surface area contributed by atoms with Crippen molar-refractivity contribution in [2.45, 2.75) is 18.5 Å². The molecular weight excluding hydrogens is 370 g/mol. The van der Waals surface area contributed by atoms with Gasteiger partial charge < -0.3 is 20.5 Å². The number of rotatable bonds is 6. The van der Waals surface area contributed by atoms with E-state index in [0.717, 1.165) is 17.1 Å². The molecule has 4 rings (SSSR count). The van der Waals surface area contributed by atoms with E-state index in [1.165, 1.54) is 0 Å². The van der Waals surface area contributed by atoms with Gasteiger partial charge in [-0.25, -0.2) is 0 Å². The van der Waals surface area contributed by atoms with Crippen molar-refractivity contribution in [3.05, 3.63) is 84.4 Å². The highest BCUT2D eigenvalue weighted by Gasteiger charge is 2.40. The third-order valence-electron chi connectivity index (χ3n) is 4.78. The highest BCUT2D eigenvalue weighted by Crippen LogP contribution is 2.37. The normalized spacial score (nSPS) is 18.7. The Morgan fingerprint density at radius 1 is 1.11 bits per heavy atom. The molecule has 1 aliphatic heterocycles. The number of carbonyl (C=O) groups is 1. The lowest BCUT2D eigenvalue weighted by Gasteiger charge is -2.26. The number of hydrogen-bond donors (Lipinski definition) is 3. The summed E-state index contributed by atoms with van der Waals surface area (Å²) in [5, 5.41) is 6.93. The molecule has 3 heterocycles. The van der Waals surface area contributed by atoms with Crippen LogP contribution in [0.3, 0.4) is 0 Å². The molecule has 142 valence electrons. The molecule has 1 amide bonds. The minimum atomic E-state index is -0.0791. The number of benzene rings is 1. The first-order chi connectivity index (χ1) is 13.7. The average Bonchev–Trinajstić information content (AvgIpc) is 3.35. The van der Waals surface area contributed by atoms with Gasteiger partial charge in [0, 0.05) is 36.7 Å². The summed E-state index contributed by atoms with van der Waals surface area (Å²) >= 11 is 5.59. The Kier molecular flexibility index (Phi) is 5.34. The second-order valence-electron chi connectivity index (χ2n) is 6.61. The summed E-state index contributed by atoms with van der Waals surface area (Å²) in [6, 6.07) is 19.2. The lowest BCUT2D eigenvalue weighted by Crippen LogP contribution is -2.32. The van der Waals surface area contributed by atoms with Crippen molar-refractivity contribution in [2.75, 3.05) is 11.9 Å². The highest BCUT2D eigenvalue weighted by atomic mass is 32.1. The van der Waals surface area contributed by atoms with Crippen LogP contribution in [0.2, 0.25) is 0 Å². The van der Waals surface area contributed by atoms with Gasteiger partial charge in [0.1, 0.15) is 0 Å². The van der Waals surface area contributed by atoms with E-state index in [1.807, 2.05) is 66.9 Å². The molecule has 2 unspecified atom stereocenters. The van der Waals surface area contributed by atoms with Gasteiger partial charge >= 0.3 is 0 Å². The maximum absolute atomic E-state index is 12.4. The number of carbonyl (C=O) groups excluding carboxylic acids is 1. The van der Waals surface area contributed by atoms with Gasteiger partial charge in [0.2, 0.25) is 5.91 Å². The molecule has 0 spiro atoms. The zero-order valence-electron chi connectivity index (χ0n) is 15.2.